The van der Waals surface area contributed by atoms with Crippen molar-refractivity contribution in [2.45, 2.75) is 24.8 Å². The van der Waals surface area contributed by atoms with Crippen molar-refractivity contribution in [2.24, 2.45) is 0 Å². The van der Waals surface area contributed by atoms with Crippen LogP contribution in [0.15, 0.2) is 66.7 Å². The number of benzene rings is 3. The van der Waals surface area contributed by atoms with Crippen molar-refractivity contribution >= 4 is 23.7 Å². The third-order valence-corrected chi connectivity index (χ3v) is 6.18. The molecule has 7 heteroatoms. The number of methoxy groups -OCH3 is 1. The average Bonchev–Trinajstić information content (AvgIpc) is 3.15. The lowest BCUT2D eigenvalue weighted by atomic mass is 9.98. The molecule has 1 aliphatic carbocycles. The first kappa shape index (κ1) is 22.7. The van der Waals surface area contributed by atoms with Crippen LogP contribution in [0.1, 0.15) is 29.0 Å². The highest BCUT2D eigenvalue weighted by Gasteiger charge is 2.29. The van der Waals surface area contributed by atoms with E-state index in [9.17, 15) is 14.7 Å². The van der Waals surface area contributed by atoms with Gasteiger partial charge in [0.2, 0.25) is 0 Å². The summed E-state index contributed by atoms with van der Waals surface area (Å²) < 4.78 is 10.7. The molecule has 4 rings (SSSR count). The molecule has 3 aromatic rings. The fourth-order valence-corrected chi connectivity index (χ4v) is 4.41. The number of aliphatic carboxylic acids is 1. The maximum atomic E-state index is 12.5. The molecule has 6 nitrogen and oxygen atoms in total. The monoisotopic (exact) mass is 465 g/mol. The molecule has 0 saturated heterocycles. The summed E-state index contributed by atoms with van der Waals surface area (Å²) in [6.45, 7) is 0.126. The van der Waals surface area contributed by atoms with Gasteiger partial charge in [0.1, 0.15) is 18.4 Å². The minimum absolute atomic E-state index is 0.0899. The number of carboxylic acid groups (broad SMARTS) is 1. The van der Waals surface area contributed by atoms with Gasteiger partial charge in [0, 0.05) is 5.92 Å². The Morgan fingerprint density at radius 2 is 1.67 bits per heavy atom. The summed E-state index contributed by atoms with van der Waals surface area (Å²) in [6.07, 6.45) is -0.128. The lowest BCUT2D eigenvalue weighted by Gasteiger charge is -2.17. The smallest absolute Gasteiger partial charge is 0.407 e. The summed E-state index contributed by atoms with van der Waals surface area (Å²) in [5, 5.41) is 12.5. The molecule has 1 amide bonds. The zero-order valence-electron chi connectivity index (χ0n) is 18.1. The van der Waals surface area contributed by atoms with E-state index in [2.05, 4.69) is 17.4 Å². The molecule has 2 N–H and O–H groups in total. The van der Waals surface area contributed by atoms with E-state index < -0.39 is 18.1 Å². The van der Waals surface area contributed by atoms with E-state index in [1.807, 2.05) is 36.4 Å². The zero-order valence-corrected chi connectivity index (χ0v) is 18.8. The predicted molar refractivity (Wildman–Crippen MR) is 126 cm³/mol. The molecule has 1 aliphatic rings. The second kappa shape index (κ2) is 9.96. The first-order valence-corrected chi connectivity index (χ1v) is 11.0. The highest BCUT2D eigenvalue weighted by Crippen LogP contribution is 2.44. The van der Waals surface area contributed by atoms with Crippen LogP contribution < -0.4 is 10.1 Å². The Bertz CT molecular complexity index is 1130. The fraction of sp³-hybridized carbons (Fsp3) is 0.231. The standard InChI is InChI=1S/C26H24ClNO5/c1-32-24-14-16(10-12-22(24)27)11-13-23(25(29)30)28-26(31)33-15-21-19-8-4-2-6-17(19)18-7-3-5-9-20(18)21/h2-10,12,14,21,23H,11,13,15H2,1H3,(H,28,31)(H,29,30)/t23-/m0/s1. The van der Waals surface area contributed by atoms with E-state index in [0.717, 1.165) is 27.8 Å². The van der Waals surface area contributed by atoms with Crippen LogP contribution in [0.3, 0.4) is 0 Å². The summed E-state index contributed by atoms with van der Waals surface area (Å²) in [5.41, 5.74) is 5.31. The Labute approximate surface area is 197 Å². The molecule has 0 aromatic heterocycles. The molecule has 0 saturated carbocycles. The first-order valence-electron chi connectivity index (χ1n) is 10.6. The van der Waals surface area contributed by atoms with Crippen LogP contribution in [-0.2, 0) is 16.0 Å². The van der Waals surface area contributed by atoms with E-state index in [4.69, 9.17) is 21.1 Å². The number of amides is 1. The zero-order chi connectivity index (χ0) is 23.4. The normalized spacial score (nSPS) is 13.0. The van der Waals surface area contributed by atoms with Crippen LogP contribution in [0.4, 0.5) is 4.79 Å². The van der Waals surface area contributed by atoms with Crippen molar-refractivity contribution < 1.29 is 24.2 Å². The molecule has 33 heavy (non-hydrogen) atoms. The van der Waals surface area contributed by atoms with Gasteiger partial charge < -0.3 is 19.9 Å². The van der Waals surface area contributed by atoms with Crippen LogP contribution in [-0.4, -0.2) is 36.9 Å². The molecular weight excluding hydrogens is 442 g/mol. The Morgan fingerprint density at radius 1 is 1.03 bits per heavy atom. The fourth-order valence-electron chi connectivity index (χ4n) is 4.21. The van der Waals surface area contributed by atoms with Crippen molar-refractivity contribution in [1.82, 2.24) is 5.32 Å². The molecule has 1 atom stereocenters. The van der Waals surface area contributed by atoms with Crippen LogP contribution in [0, 0.1) is 0 Å². The van der Waals surface area contributed by atoms with Crippen LogP contribution in [0.2, 0.25) is 5.02 Å². The SMILES string of the molecule is COc1cc(CC[C@H](NC(=O)OCC2c3ccccc3-c3ccccc32)C(=O)O)ccc1Cl. The van der Waals surface area contributed by atoms with Crippen LogP contribution in [0.25, 0.3) is 11.1 Å². The van der Waals surface area contributed by atoms with E-state index in [1.54, 1.807) is 18.2 Å². The van der Waals surface area contributed by atoms with Gasteiger partial charge in [-0.15, -0.1) is 0 Å². The number of nitrogens with one attached hydrogen (secondary N) is 1. The number of hydrogen-bond donors (Lipinski definition) is 2. The highest BCUT2D eigenvalue weighted by atomic mass is 35.5. The van der Waals surface area contributed by atoms with Gasteiger partial charge in [-0.1, -0.05) is 66.2 Å². The summed E-state index contributed by atoms with van der Waals surface area (Å²) in [7, 11) is 1.52. The predicted octanol–water partition coefficient (Wildman–Crippen LogP) is 5.27. The number of fused-ring (bicyclic) bond motifs is 3. The van der Waals surface area contributed by atoms with Gasteiger partial charge in [-0.2, -0.15) is 0 Å². The van der Waals surface area contributed by atoms with Crippen LogP contribution in [0.5, 0.6) is 5.75 Å². The van der Waals surface area contributed by atoms with Crippen molar-refractivity contribution in [3.63, 3.8) is 0 Å². The van der Waals surface area contributed by atoms with Gasteiger partial charge in [-0.3, -0.25) is 0 Å². The molecule has 0 bridgehead atoms. The molecule has 0 aliphatic heterocycles. The van der Waals surface area contributed by atoms with Gasteiger partial charge in [0.15, 0.2) is 0 Å². The van der Waals surface area contributed by atoms with Gasteiger partial charge in [0.05, 0.1) is 12.1 Å². The van der Waals surface area contributed by atoms with E-state index >= 15 is 0 Å². The maximum Gasteiger partial charge on any atom is 0.407 e. The van der Waals surface area contributed by atoms with Crippen molar-refractivity contribution in [1.29, 1.82) is 0 Å². The summed E-state index contributed by atoms with van der Waals surface area (Å²) >= 11 is 6.04. The molecule has 0 radical (unpaired) electrons. The quantitative estimate of drug-likeness (QED) is 0.473. The average molecular weight is 466 g/mol. The van der Waals surface area contributed by atoms with Gasteiger partial charge in [0.25, 0.3) is 0 Å². The topological polar surface area (TPSA) is 84.9 Å². The Morgan fingerprint density at radius 3 is 2.27 bits per heavy atom. The van der Waals surface area contributed by atoms with Crippen molar-refractivity contribution in [2.75, 3.05) is 13.7 Å². The molecule has 0 fully saturated rings. The Kier molecular flexibility index (Phi) is 6.84. The number of ether oxygens (including phenoxy) is 2. The number of halogens is 1. The molecule has 170 valence electrons. The Balaban J connectivity index is 1.38. The largest absolute Gasteiger partial charge is 0.495 e. The first-order chi connectivity index (χ1) is 16.0. The van der Waals surface area contributed by atoms with Gasteiger partial charge >= 0.3 is 12.1 Å². The van der Waals surface area contributed by atoms with Gasteiger partial charge in [-0.25, -0.2) is 9.59 Å². The Hall–Kier alpha value is -3.51. The van der Waals surface area contributed by atoms with E-state index in [1.165, 1.54) is 7.11 Å². The molecule has 3 aromatic carbocycles. The van der Waals surface area contributed by atoms with Crippen LogP contribution >= 0.6 is 11.6 Å². The number of carbonyl (C=O) groups is 2. The van der Waals surface area contributed by atoms with E-state index in [0.29, 0.717) is 17.2 Å². The maximum absolute atomic E-state index is 12.5. The number of carbonyl (C=O) groups excluding carboxylic acids is 1. The molecular formula is C26H24ClNO5. The third kappa shape index (κ3) is 4.96. The highest BCUT2D eigenvalue weighted by molar-refractivity contribution is 6.32. The lowest BCUT2D eigenvalue weighted by molar-refractivity contribution is -0.139. The minimum atomic E-state index is -1.12. The number of aryl methyl sites for hydroxylation is 1. The number of rotatable bonds is 8. The second-order valence-corrected chi connectivity index (χ2v) is 8.28. The van der Waals surface area contributed by atoms with Crippen molar-refractivity contribution in [3.8, 4) is 16.9 Å². The van der Waals surface area contributed by atoms with Gasteiger partial charge in [-0.05, 0) is 52.8 Å². The lowest BCUT2D eigenvalue weighted by Crippen LogP contribution is -2.41. The number of hydrogen-bond acceptors (Lipinski definition) is 4. The number of alkyl carbamates (subject to hydrolysis) is 1. The number of carboxylic acids is 1. The third-order valence-electron chi connectivity index (χ3n) is 5.87. The van der Waals surface area contributed by atoms with E-state index in [-0.39, 0.29) is 18.9 Å². The molecule has 0 heterocycles. The second-order valence-electron chi connectivity index (χ2n) is 7.87. The molecule has 0 spiro atoms. The minimum Gasteiger partial charge on any atom is -0.495 e. The summed E-state index contributed by atoms with van der Waals surface area (Å²) in [6, 6.07) is 20.2. The summed E-state index contributed by atoms with van der Waals surface area (Å²) in [5.74, 6) is -0.692. The molecule has 0 unspecified atom stereocenters. The van der Waals surface area contributed by atoms with Crippen molar-refractivity contribution in [3.05, 3.63) is 88.4 Å². The summed E-state index contributed by atoms with van der Waals surface area (Å²) in [4.78, 5) is 24.2.